The number of H-pyrrole nitrogens is 1. The Labute approximate surface area is 154 Å². The van der Waals surface area contributed by atoms with Crippen LogP contribution >= 0.6 is 0 Å². The van der Waals surface area contributed by atoms with Gasteiger partial charge in [0.25, 0.3) is 6.54 Å². The van der Waals surface area contributed by atoms with Gasteiger partial charge in [-0.05, 0) is 5.56 Å². The van der Waals surface area contributed by atoms with Crippen LogP contribution in [0.1, 0.15) is 11.4 Å². The first-order valence-corrected chi connectivity index (χ1v) is 7.91. The molecule has 1 heterocycles. The molecule has 0 aliphatic carbocycles. The van der Waals surface area contributed by atoms with Crippen LogP contribution in [0.4, 0.5) is 0 Å². The zero-order chi connectivity index (χ0) is 19.7. The van der Waals surface area contributed by atoms with Crippen LogP contribution in [0.3, 0.4) is 0 Å². The van der Waals surface area contributed by atoms with Gasteiger partial charge >= 0.3 is 11.9 Å². The van der Waals surface area contributed by atoms with E-state index in [0.29, 0.717) is 18.7 Å². The number of hydrogen-bond donors (Lipinski definition) is 3. The summed E-state index contributed by atoms with van der Waals surface area (Å²) in [5, 5.41) is 22.9. The number of carboxylic acids is 1. The molecular weight excluding hydrogens is 356 g/mol. The summed E-state index contributed by atoms with van der Waals surface area (Å²) in [5.41, 5.74) is -0.800. The third kappa shape index (κ3) is 6.04. The van der Waals surface area contributed by atoms with Crippen LogP contribution in [0.15, 0.2) is 54.9 Å². The minimum absolute atomic E-state index is 0.0804. The number of carboxylic acid groups (broad SMARTS) is 1. The van der Waals surface area contributed by atoms with E-state index < -0.39 is 29.0 Å². The van der Waals surface area contributed by atoms with Crippen LogP contribution in [0.25, 0.3) is 0 Å². The highest BCUT2D eigenvalue weighted by atomic mass is 16.6. The Morgan fingerprint density at radius 1 is 1.33 bits per heavy atom. The minimum atomic E-state index is -1.73. The molecule has 0 spiro atoms. The summed E-state index contributed by atoms with van der Waals surface area (Å²) < 4.78 is 5.29. The first-order valence-electron chi connectivity index (χ1n) is 7.91. The van der Waals surface area contributed by atoms with Gasteiger partial charge in [-0.15, -0.1) is 0 Å². The molecule has 142 valence electrons. The molecule has 1 aromatic carbocycles. The van der Waals surface area contributed by atoms with Gasteiger partial charge in [-0.25, -0.2) is 14.6 Å². The minimum Gasteiger partial charge on any atom is -0.478 e. The first-order chi connectivity index (χ1) is 12.9. The Bertz CT molecular complexity index is 806. The summed E-state index contributed by atoms with van der Waals surface area (Å²) in [7, 11) is 0. The SMILES string of the molecule is O=C(O)/C=C\C(=O)OC(CNCc1ccccc1)(C[N+](=O)[O-])c1ncc[nH]1. The maximum absolute atomic E-state index is 12.0. The van der Waals surface area contributed by atoms with Crippen molar-refractivity contribution in [2.45, 2.75) is 12.1 Å². The van der Waals surface area contributed by atoms with Crippen molar-refractivity contribution in [3.05, 3.63) is 76.4 Å². The van der Waals surface area contributed by atoms with Crippen molar-refractivity contribution in [1.29, 1.82) is 0 Å². The molecule has 2 aromatic rings. The number of nitrogens with one attached hydrogen (secondary N) is 2. The van der Waals surface area contributed by atoms with E-state index in [4.69, 9.17) is 9.84 Å². The monoisotopic (exact) mass is 374 g/mol. The van der Waals surface area contributed by atoms with E-state index in [1.165, 1.54) is 12.4 Å². The Morgan fingerprint density at radius 3 is 2.67 bits per heavy atom. The van der Waals surface area contributed by atoms with Crippen molar-refractivity contribution in [1.82, 2.24) is 15.3 Å². The molecule has 0 saturated carbocycles. The maximum atomic E-state index is 12.0. The second-order valence-corrected chi connectivity index (χ2v) is 5.60. The zero-order valence-corrected chi connectivity index (χ0v) is 14.2. The highest BCUT2D eigenvalue weighted by Crippen LogP contribution is 2.23. The van der Waals surface area contributed by atoms with Crippen LogP contribution in [0.2, 0.25) is 0 Å². The van der Waals surface area contributed by atoms with Gasteiger partial charge in [0.15, 0.2) is 5.82 Å². The van der Waals surface area contributed by atoms with Gasteiger partial charge in [0.1, 0.15) is 0 Å². The lowest BCUT2D eigenvalue weighted by Crippen LogP contribution is -2.47. The van der Waals surface area contributed by atoms with Gasteiger partial charge in [-0.3, -0.25) is 10.1 Å². The van der Waals surface area contributed by atoms with E-state index in [1.54, 1.807) is 0 Å². The fourth-order valence-electron chi connectivity index (χ4n) is 2.42. The van der Waals surface area contributed by atoms with Crippen LogP contribution < -0.4 is 5.32 Å². The van der Waals surface area contributed by atoms with Gasteiger partial charge in [0, 0.05) is 42.6 Å². The number of rotatable bonds is 10. The van der Waals surface area contributed by atoms with E-state index in [1.807, 2.05) is 30.3 Å². The van der Waals surface area contributed by atoms with Gasteiger partial charge < -0.3 is 20.1 Å². The summed E-state index contributed by atoms with van der Waals surface area (Å²) in [6, 6.07) is 9.31. The highest BCUT2D eigenvalue weighted by molar-refractivity contribution is 5.90. The zero-order valence-electron chi connectivity index (χ0n) is 14.2. The molecule has 1 aromatic heterocycles. The summed E-state index contributed by atoms with van der Waals surface area (Å²) in [5.74, 6) is -2.29. The third-order valence-electron chi connectivity index (χ3n) is 3.55. The average molecular weight is 374 g/mol. The lowest BCUT2D eigenvalue weighted by Gasteiger charge is -2.28. The second kappa shape index (κ2) is 9.25. The smallest absolute Gasteiger partial charge is 0.332 e. The Balaban J connectivity index is 2.23. The molecule has 0 fully saturated rings. The molecule has 0 amide bonds. The number of aromatic nitrogens is 2. The average Bonchev–Trinajstić information content (AvgIpc) is 3.15. The number of nitrogens with zero attached hydrogens (tertiary/aromatic N) is 2. The summed E-state index contributed by atoms with van der Waals surface area (Å²) >= 11 is 0. The van der Waals surface area contributed by atoms with Crippen LogP contribution in [-0.4, -0.2) is 45.0 Å². The lowest BCUT2D eigenvalue weighted by atomic mass is 10.0. The Morgan fingerprint density at radius 2 is 2.07 bits per heavy atom. The molecule has 27 heavy (non-hydrogen) atoms. The van der Waals surface area contributed by atoms with Crippen molar-refractivity contribution in [2.24, 2.45) is 0 Å². The number of imidazole rings is 1. The summed E-state index contributed by atoms with van der Waals surface area (Å²) in [4.78, 5) is 39.9. The van der Waals surface area contributed by atoms with E-state index >= 15 is 0 Å². The van der Waals surface area contributed by atoms with Crippen molar-refractivity contribution in [2.75, 3.05) is 13.1 Å². The molecule has 0 radical (unpaired) electrons. The van der Waals surface area contributed by atoms with Crippen LogP contribution in [0, 0.1) is 10.1 Å². The second-order valence-electron chi connectivity index (χ2n) is 5.60. The predicted octanol–water partition coefficient (Wildman–Crippen LogP) is 0.855. The Kier molecular flexibility index (Phi) is 6.78. The quantitative estimate of drug-likeness (QED) is 0.240. The van der Waals surface area contributed by atoms with E-state index in [9.17, 15) is 19.7 Å². The molecule has 0 bridgehead atoms. The van der Waals surface area contributed by atoms with Gasteiger partial charge in [0.05, 0.1) is 0 Å². The molecular formula is C17H18N4O6. The number of nitro groups is 1. The number of ether oxygens (including phenoxy) is 1. The Hall–Kier alpha value is -3.53. The van der Waals surface area contributed by atoms with Crippen LogP contribution in [-0.2, 0) is 26.5 Å². The van der Waals surface area contributed by atoms with E-state index in [2.05, 4.69) is 15.3 Å². The van der Waals surface area contributed by atoms with Crippen molar-refractivity contribution < 1.29 is 24.4 Å². The molecule has 0 aliphatic rings. The molecule has 10 heteroatoms. The summed E-state index contributed by atoms with van der Waals surface area (Å²) in [6.45, 7) is -0.485. The molecule has 0 aliphatic heterocycles. The van der Waals surface area contributed by atoms with E-state index in [0.717, 1.165) is 5.56 Å². The fourth-order valence-corrected chi connectivity index (χ4v) is 2.42. The standard InChI is InChI=1S/C17H18N4O6/c22-14(23)6-7-15(24)27-17(12-21(25)26,16-19-8-9-20-16)11-18-10-13-4-2-1-3-5-13/h1-9,18H,10-12H2,(H,19,20)(H,22,23)/b7-6-. The molecule has 0 saturated heterocycles. The van der Waals surface area contributed by atoms with Gasteiger partial charge in [-0.2, -0.15) is 0 Å². The lowest BCUT2D eigenvalue weighted by molar-refractivity contribution is -0.502. The number of carbonyl (C=O) groups excluding carboxylic acids is 1. The molecule has 1 atom stereocenters. The van der Waals surface area contributed by atoms with Crippen molar-refractivity contribution in [3.8, 4) is 0 Å². The maximum Gasteiger partial charge on any atom is 0.332 e. The number of esters is 1. The predicted molar refractivity (Wildman–Crippen MR) is 93.1 cm³/mol. The third-order valence-corrected chi connectivity index (χ3v) is 3.55. The topological polar surface area (TPSA) is 147 Å². The number of benzene rings is 1. The van der Waals surface area contributed by atoms with E-state index in [-0.39, 0.29) is 12.4 Å². The first kappa shape index (κ1) is 19.8. The number of aromatic amines is 1. The molecule has 2 rings (SSSR count). The largest absolute Gasteiger partial charge is 0.478 e. The summed E-state index contributed by atoms with van der Waals surface area (Å²) in [6.07, 6.45) is 4.11. The van der Waals surface area contributed by atoms with Crippen LogP contribution in [0.5, 0.6) is 0 Å². The molecule has 1 unspecified atom stereocenters. The van der Waals surface area contributed by atoms with Gasteiger partial charge in [0.2, 0.25) is 5.60 Å². The number of aliphatic carboxylic acids is 1. The number of hydrogen-bond acceptors (Lipinski definition) is 7. The highest BCUT2D eigenvalue weighted by Gasteiger charge is 2.44. The van der Waals surface area contributed by atoms with Crippen molar-refractivity contribution >= 4 is 11.9 Å². The number of carbonyl (C=O) groups is 2. The van der Waals surface area contributed by atoms with Crippen molar-refractivity contribution in [3.63, 3.8) is 0 Å². The molecule has 3 N–H and O–H groups in total. The molecule has 10 nitrogen and oxygen atoms in total. The fraction of sp³-hybridized carbons (Fsp3) is 0.235. The van der Waals surface area contributed by atoms with Gasteiger partial charge in [-0.1, -0.05) is 30.3 Å². The normalized spacial score (nSPS) is 13.2.